The minimum Gasteiger partial charge on any atom is -0.372 e. The number of rotatable bonds is 3. The molecule has 2 aromatic rings. The first-order valence-electron chi connectivity index (χ1n) is 8.87. The van der Waals surface area contributed by atoms with E-state index >= 15 is 0 Å². The number of nitrogens with one attached hydrogen (secondary N) is 1. The van der Waals surface area contributed by atoms with Crippen LogP contribution in [-0.2, 0) is 24.5 Å². The molecule has 1 aromatic carbocycles. The Labute approximate surface area is 147 Å². The molecule has 0 spiro atoms. The number of aromatic nitrogens is 3. The van der Waals surface area contributed by atoms with E-state index in [1.807, 2.05) is 23.1 Å². The second kappa shape index (κ2) is 6.84. The third kappa shape index (κ3) is 3.24. The SMILES string of the molecule is CCn1cnnc1C1CCCN(C(=O)Nc2ccc3c(c2)COC3)C1. The van der Waals surface area contributed by atoms with E-state index in [1.165, 1.54) is 5.56 Å². The van der Waals surface area contributed by atoms with Crippen LogP contribution in [0.1, 0.15) is 42.6 Å². The van der Waals surface area contributed by atoms with Crippen LogP contribution in [0.5, 0.6) is 0 Å². The molecule has 7 nitrogen and oxygen atoms in total. The highest BCUT2D eigenvalue weighted by atomic mass is 16.5. The van der Waals surface area contributed by atoms with Crippen LogP contribution in [0.15, 0.2) is 24.5 Å². The Morgan fingerprint density at radius 1 is 1.36 bits per heavy atom. The third-order valence-corrected chi connectivity index (χ3v) is 5.03. The van der Waals surface area contributed by atoms with Crippen molar-refractivity contribution in [1.29, 1.82) is 0 Å². The molecule has 1 saturated heterocycles. The highest BCUT2D eigenvalue weighted by molar-refractivity contribution is 5.89. The average molecular weight is 341 g/mol. The lowest BCUT2D eigenvalue weighted by atomic mass is 9.97. The maximum atomic E-state index is 12.7. The molecule has 0 aliphatic carbocycles. The number of carbonyl (C=O) groups is 1. The largest absolute Gasteiger partial charge is 0.372 e. The number of amides is 2. The van der Waals surface area contributed by atoms with E-state index in [-0.39, 0.29) is 11.9 Å². The number of carbonyl (C=O) groups excluding carboxylic acids is 1. The van der Waals surface area contributed by atoms with Crippen molar-refractivity contribution >= 4 is 11.7 Å². The lowest BCUT2D eigenvalue weighted by Crippen LogP contribution is -2.42. The van der Waals surface area contributed by atoms with Crippen molar-refractivity contribution in [3.8, 4) is 0 Å². The van der Waals surface area contributed by atoms with E-state index in [4.69, 9.17) is 4.74 Å². The minimum atomic E-state index is -0.0499. The molecule has 25 heavy (non-hydrogen) atoms. The first-order valence-corrected chi connectivity index (χ1v) is 8.87. The van der Waals surface area contributed by atoms with Gasteiger partial charge in [0.15, 0.2) is 0 Å². The molecule has 2 amide bonds. The highest BCUT2D eigenvalue weighted by Gasteiger charge is 2.28. The van der Waals surface area contributed by atoms with Crippen molar-refractivity contribution in [2.24, 2.45) is 0 Å². The number of ether oxygens (including phenoxy) is 1. The number of urea groups is 1. The normalized spacial score (nSPS) is 19.7. The fourth-order valence-electron chi connectivity index (χ4n) is 3.65. The maximum absolute atomic E-state index is 12.7. The maximum Gasteiger partial charge on any atom is 0.321 e. The van der Waals surface area contributed by atoms with E-state index in [2.05, 4.69) is 27.0 Å². The van der Waals surface area contributed by atoms with Gasteiger partial charge in [0.1, 0.15) is 12.2 Å². The summed E-state index contributed by atoms with van der Waals surface area (Å²) in [6.45, 7) is 5.67. The molecular formula is C18H23N5O2. The zero-order valence-electron chi connectivity index (χ0n) is 14.4. The molecule has 2 aliphatic heterocycles. The van der Waals surface area contributed by atoms with Crippen LogP contribution in [0, 0.1) is 0 Å². The lowest BCUT2D eigenvalue weighted by Gasteiger charge is -2.32. The Kier molecular flexibility index (Phi) is 4.40. The second-order valence-corrected chi connectivity index (χ2v) is 6.67. The number of fused-ring (bicyclic) bond motifs is 1. The minimum absolute atomic E-state index is 0.0499. The third-order valence-electron chi connectivity index (χ3n) is 5.03. The molecule has 0 saturated carbocycles. The van der Waals surface area contributed by atoms with Gasteiger partial charge >= 0.3 is 6.03 Å². The van der Waals surface area contributed by atoms with Crippen molar-refractivity contribution in [2.45, 2.75) is 45.4 Å². The van der Waals surface area contributed by atoms with Crippen LogP contribution in [0.4, 0.5) is 10.5 Å². The summed E-state index contributed by atoms with van der Waals surface area (Å²) in [6.07, 6.45) is 3.78. The molecule has 3 heterocycles. The number of aryl methyl sites for hydroxylation is 1. The van der Waals surface area contributed by atoms with Crippen LogP contribution >= 0.6 is 0 Å². The number of nitrogens with zero attached hydrogens (tertiary/aromatic N) is 4. The Hall–Kier alpha value is -2.41. The van der Waals surface area contributed by atoms with Crippen LogP contribution in [0.25, 0.3) is 0 Å². The molecule has 132 valence electrons. The standard InChI is InChI=1S/C18H23N5O2/c1-2-22-12-19-21-17(22)13-4-3-7-23(9-13)18(24)20-16-6-5-14-10-25-11-15(14)8-16/h5-6,8,12-13H,2-4,7,9-11H2,1H3,(H,20,24). The van der Waals surface area contributed by atoms with Crippen LogP contribution in [0.3, 0.4) is 0 Å². The summed E-state index contributed by atoms with van der Waals surface area (Å²) >= 11 is 0. The molecule has 2 aliphatic rings. The molecule has 1 atom stereocenters. The highest BCUT2D eigenvalue weighted by Crippen LogP contribution is 2.27. The van der Waals surface area contributed by atoms with Crippen molar-refractivity contribution in [1.82, 2.24) is 19.7 Å². The van der Waals surface area contributed by atoms with Gasteiger partial charge in [0.25, 0.3) is 0 Å². The van der Waals surface area contributed by atoms with Gasteiger partial charge < -0.3 is 19.5 Å². The second-order valence-electron chi connectivity index (χ2n) is 6.67. The fraction of sp³-hybridized carbons (Fsp3) is 0.500. The number of anilines is 1. The summed E-state index contributed by atoms with van der Waals surface area (Å²) in [5.74, 6) is 1.23. The van der Waals surface area contributed by atoms with Gasteiger partial charge in [-0.05, 0) is 43.0 Å². The number of benzene rings is 1. The lowest BCUT2D eigenvalue weighted by molar-refractivity contribution is 0.134. The molecular weight excluding hydrogens is 318 g/mol. The predicted octanol–water partition coefficient (Wildman–Crippen LogP) is 2.74. The molecule has 4 rings (SSSR count). The molecule has 7 heteroatoms. The van der Waals surface area contributed by atoms with Crippen molar-refractivity contribution in [2.75, 3.05) is 18.4 Å². The molecule has 1 unspecified atom stereocenters. The molecule has 0 radical (unpaired) electrons. The summed E-state index contributed by atoms with van der Waals surface area (Å²) in [5.41, 5.74) is 3.19. The zero-order chi connectivity index (χ0) is 17.2. The summed E-state index contributed by atoms with van der Waals surface area (Å²) in [6, 6.07) is 5.93. The molecule has 0 bridgehead atoms. The Balaban J connectivity index is 1.43. The van der Waals surface area contributed by atoms with Crippen molar-refractivity contribution < 1.29 is 9.53 Å². The predicted molar refractivity (Wildman–Crippen MR) is 93.2 cm³/mol. The quantitative estimate of drug-likeness (QED) is 0.932. The average Bonchev–Trinajstić information content (AvgIpc) is 3.30. The number of hydrogen-bond donors (Lipinski definition) is 1. The topological polar surface area (TPSA) is 72.3 Å². The van der Waals surface area contributed by atoms with E-state index in [1.54, 1.807) is 6.33 Å². The summed E-state index contributed by atoms with van der Waals surface area (Å²) in [5, 5.41) is 11.3. The zero-order valence-corrected chi connectivity index (χ0v) is 14.4. The number of likely N-dealkylation sites (tertiary alicyclic amines) is 1. The van der Waals surface area contributed by atoms with Gasteiger partial charge in [-0.1, -0.05) is 6.07 Å². The Bertz CT molecular complexity index is 773. The van der Waals surface area contributed by atoms with Gasteiger partial charge in [-0.3, -0.25) is 0 Å². The summed E-state index contributed by atoms with van der Waals surface area (Å²) < 4.78 is 7.49. The first kappa shape index (κ1) is 16.1. The van der Waals surface area contributed by atoms with Crippen LogP contribution < -0.4 is 5.32 Å². The van der Waals surface area contributed by atoms with E-state index in [9.17, 15) is 4.79 Å². The molecule has 1 fully saturated rings. The summed E-state index contributed by atoms with van der Waals surface area (Å²) in [7, 11) is 0. The molecule has 1 aromatic heterocycles. The number of hydrogen-bond acceptors (Lipinski definition) is 4. The van der Waals surface area contributed by atoms with Crippen LogP contribution in [0.2, 0.25) is 0 Å². The monoisotopic (exact) mass is 341 g/mol. The van der Waals surface area contributed by atoms with E-state index in [0.717, 1.165) is 43.0 Å². The van der Waals surface area contributed by atoms with Gasteiger partial charge in [-0.25, -0.2) is 4.79 Å². The van der Waals surface area contributed by atoms with E-state index < -0.39 is 0 Å². The van der Waals surface area contributed by atoms with Gasteiger partial charge in [0.2, 0.25) is 0 Å². The molecule has 1 N–H and O–H groups in total. The van der Waals surface area contributed by atoms with Crippen molar-refractivity contribution in [3.63, 3.8) is 0 Å². The van der Waals surface area contributed by atoms with Crippen molar-refractivity contribution in [3.05, 3.63) is 41.5 Å². The smallest absolute Gasteiger partial charge is 0.321 e. The first-order chi connectivity index (χ1) is 12.2. The van der Waals surface area contributed by atoms with Crippen LogP contribution in [-0.4, -0.2) is 38.8 Å². The van der Waals surface area contributed by atoms with E-state index in [0.29, 0.717) is 19.8 Å². The van der Waals surface area contributed by atoms with Gasteiger partial charge in [-0.2, -0.15) is 0 Å². The van der Waals surface area contributed by atoms with Gasteiger partial charge in [-0.15, -0.1) is 10.2 Å². The summed E-state index contributed by atoms with van der Waals surface area (Å²) in [4.78, 5) is 14.6. The Morgan fingerprint density at radius 3 is 3.12 bits per heavy atom. The van der Waals surface area contributed by atoms with Gasteiger partial charge in [0.05, 0.1) is 13.2 Å². The number of piperidine rings is 1. The fourth-order valence-corrected chi connectivity index (χ4v) is 3.65. The van der Waals surface area contributed by atoms with Gasteiger partial charge in [0, 0.05) is 31.2 Å². The Morgan fingerprint density at radius 2 is 2.24 bits per heavy atom.